The predicted octanol–water partition coefficient (Wildman–Crippen LogP) is 3.92. The summed E-state index contributed by atoms with van der Waals surface area (Å²) in [6, 6.07) is 14.6. The van der Waals surface area contributed by atoms with Crippen molar-refractivity contribution in [1.29, 1.82) is 0 Å². The van der Waals surface area contributed by atoms with Crippen molar-refractivity contribution in [3.05, 3.63) is 48.0 Å². The smallest absolute Gasteiger partial charge is 0.130 e. The van der Waals surface area contributed by atoms with Gasteiger partial charge in [0, 0.05) is 6.42 Å². The van der Waals surface area contributed by atoms with Crippen molar-refractivity contribution in [1.82, 2.24) is 0 Å². The van der Waals surface area contributed by atoms with Gasteiger partial charge in [0.2, 0.25) is 0 Å². The summed E-state index contributed by atoms with van der Waals surface area (Å²) in [7, 11) is 0. The summed E-state index contributed by atoms with van der Waals surface area (Å²) >= 11 is 0. The van der Waals surface area contributed by atoms with Crippen LogP contribution >= 0.6 is 0 Å². The third kappa shape index (κ3) is 2.13. The molecule has 0 saturated carbocycles. The van der Waals surface area contributed by atoms with Crippen LogP contribution in [0.25, 0.3) is 10.8 Å². The van der Waals surface area contributed by atoms with E-state index in [1.807, 2.05) is 12.1 Å². The largest absolute Gasteiger partial charge is 0.300 e. The molecule has 0 aliphatic rings. The molecule has 0 aromatic heterocycles. The van der Waals surface area contributed by atoms with Gasteiger partial charge < -0.3 is 4.79 Å². The quantitative estimate of drug-likeness (QED) is 0.753. The minimum atomic E-state index is 0.250. The first-order valence-electron chi connectivity index (χ1n) is 5.65. The first-order valence-corrected chi connectivity index (χ1v) is 5.65. The first kappa shape index (κ1) is 10.9. The van der Waals surface area contributed by atoms with Gasteiger partial charge in [-0.2, -0.15) is 0 Å². The highest BCUT2D eigenvalue weighted by Gasteiger charge is 2.10. The van der Waals surface area contributed by atoms with Crippen LogP contribution in [0.5, 0.6) is 0 Å². The van der Waals surface area contributed by atoms with E-state index in [9.17, 15) is 4.79 Å². The molecule has 0 N–H and O–H groups in total. The van der Waals surface area contributed by atoms with Crippen molar-refractivity contribution in [3.63, 3.8) is 0 Å². The monoisotopic (exact) mass is 212 g/mol. The molecule has 0 heterocycles. The lowest BCUT2D eigenvalue weighted by Crippen LogP contribution is -2.00. The van der Waals surface area contributed by atoms with E-state index in [0.29, 0.717) is 12.3 Å². The average molecular weight is 212 g/mol. The number of hydrogen-bond donors (Lipinski definition) is 0. The average Bonchev–Trinajstić information content (AvgIpc) is 2.27. The highest BCUT2D eigenvalue weighted by molar-refractivity contribution is 5.87. The van der Waals surface area contributed by atoms with Gasteiger partial charge in [0.25, 0.3) is 0 Å². The Labute approximate surface area is 96.1 Å². The fourth-order valence-electron chi connectivity index (χ4n) is 2.22. The fraction of sp³-hybridized carbons (Fsp3) is 0.267. The van der Waals surface area contributed by atoms with Gasteiger partial charge in [0.1, 0.15) is 5.78 Å². The second-order valence-electron chi connectivity index (χ2n) is 4.38. The molecule has 16 heavy (non-hydrogen) atoms. The lowest BCUT2D eigenvalue weighted by Gasteiger charge is -2.13. The molecule has 0 aliphatic heterocycles. The minimum absolute atomic E-state index is 0.250. The molecule has 2 rings (SSSR count). The number of ketones is 1. The number of rotatable bonds is 3. The van der Waals surface area contributed by atoms with Gasteiger partial charge in [0.05, 0.1) is 0 Å². The molecule has 1 atom stereocenters. The Kier molecular flexibility index (Phi) is 3.04. The van der Waals surface area contributed by atoms with Crippen molar-refractivity contribution in [2.45, 2.75) is 26.2 Å². The van der Waals surface area contributed by atoms with Gasteiger partial charge in [0.15, 0.2) is 0 Å². The highest BCUT2D eigenvalue weighted by Crippen LogP contribution is 2.27. The standard InChI is InChI=1S/C15H16O/c1-11(10-12(2)16)14-9-5-7-13-6-3-4-8-15(13)14/h3-9,11H,10H2,1-2H3/t11-/m1/s1. The summed E-state index contributed by atoms with van der Waals surface area (Å²) in [5.74, 6) is 0.545. The van der Waals surface area contributed by atoms with Crippen LogP contribution < -0.4 is 0 Å². The summed E-state index contributed by atoms with van der Waals surface area (Å²) in [5.41, 5.74) is 1.27. The minimum Gasteiger partial charge on any atom is -0.300 e. The fourth-order valence-corrected chi connectivity index (χ4v) is 2.22. The van der Waals surface area contributed by atoms with Crippen molar-refractivity contribution in [2.24, 2.45) is 0 Å². The summed E-state index contributed by atoms with van der Waals surface area (Å²) in [4.78, 5) is 11.2. The number of Topliss-reactive ketones (excluding diaryl/α,β-unsaturated/α-hetero) is 1. The van der Waals surface area contributed by atoms with Crippen LogP contribution in [0.4, 0.5) is 0 Å². The highest BCUT2D eigenvalue weighted by atomic mass is 16.1. The van der Waals surface area contributed by atoms with E-state index in [0.717, 1.165) is 0 Å². The second kappa shape index (κ2) is 4.48. The van der Waals surface area contributed by atoms with Gasteiger partial charge in [-0.05, 0) is 29.2 Å². The van der Waals surface area contributed by atoms with Crippen molar-refractivity contribution < 1.29 is 4.79 Å². The number of benzene rings is 2. The van der Waals surface area contributed by atoms with Crippen molar-refractivity contribution >= 4 is 16.6 Å². The van der Waals surface area contributed by atoms with Crippen LogP contribution in [0.2, 0.25) is 0 Å². The number of carbonyl (C=O) groups is 1. The number of hydrogen-bond acceptors (Lipinski definition) is 1. The topological polar surface area (TPSA) is 17.1 Å². The van der Waals surface area contributed by atoms with Crippen molar-refractivity contribution in [3.8, 4) is 0 Å². The maximum Gasteiger partial charge on any atom is 0.130 e. The van der Waals surface area contributed by atoms with Crippen LogP contribution in [0, 0.1) is 0 Å². The molecule has 1 nitrogen and oxygen atoms in total. The van der Waals surface area contributed by atoms with Crippen molar-refractivity contribution in [2.75, 3.05) is 0 Å². The molecule has 82 valence electrons. The molecule has 0 aliphatic carbocycles. The Hall–Kier alpha value is -1.63. The molecule has 0 fully saturated rings. The lowest BCUT2D eigenvalue weighted by molar-refractivity contribution is -0.117. The molecule has 0 saturated heterocycles. The number of fused-ring (bicyclic) bond motifs is 1. The molecule has 0 unspecified atom stereocenters. The zero-order valence-electron chi connectivity index (χ0n) is 9.73. The Morgan fingerprint density at radius 1 is 1.12 bits per heavy atom. The summed E-state index contributed by atoms with van der Waals surface area (Å²) in [6.45, 7) is 3.77. The second-order valence-corrected chi connectivity index (χ2v) is 4.38. The molecule has 0 amide bonds. The SMILES string of the molecule is CC(=O)C[C@@H](C)c1cccc2ccccc12. The Bertz CT molecular complexity index is 508. The van der Waals surface area contributed by atoms with Crippen LogP contribution in [0.15, 0.2) is 42.5 Å². The molecule has 0 radical (unpaired) electrons. The van der Waals surface area contributed by atoms with Gasteiger partial charge >= 0.3 is 0 Å². The Morgan fingerprint density at radius 2 is 1.81 bits per heavy atom. The summed E-state index contributed by atoms with van der Waals surface area (Å²) in [5, 5.41) is 2.51. The van der Waals surface area contributed by atoms with Crippen LogP contribution in [0.3, 0.4) is 0 Å². The Balaban J connectivity index is 2.47. The van der Waals surface area contributed by atoms with E-state index in [1.54, 1.807) is 6.92 Å². The van der Waals surface area contributed by atoms with Gasteiger partial charge in [-0.1, -0.05) is 49.4 Å². The van der Waals surface area contributed by atoms with Gasteiger partial charge in [-0.25, -0.2) is 0 Å². The lowest BCUT2D eigenvalue weighted by atomic mass is 9.91. The van der Waals surface area contributed by atoms with E-state index in [4.69, 9.17) is 0 Å². The van der Waals surface area contributed by atoms with Gasteiger partial charge in [-0.3, -0.25) is 0 Å². The van der Waals surface area contributed by atoms with Crippen LogP contribution in [-0.2, 0) is 4.79 Å². The van der Waals surface area contributed by atoms with Crippen LogP contribution in [-0.4, -0.2) is 5.78 Å². The molecule has 1 heteroatoms. The maximum absolute atomic E-state index is 11.2. The Morgan fingerprint density at radius 3 is 2.56 bits per heavy atom. The maximum atomic E-state index is 11.2. The van der Waals surface area contributed by atoms with E-state index >= 15 is 0 Å². The van der Waals surface area contributed by atoms with E-state index in [2.05, 4.69) is 37.3 Å². The summed E-state index contributed by atoms with van der Waals surface area (Å²) in [6.07, 6.45) is 0.619. The molecule has 0 bridgehead atoms. The van der Waals surface area contributed by atoms with Gasteiger partial charge in [-0.15, -0.1) is 0 Å². The van der Waals surface area contributed by atoms with E-state index in [-0.39, 0.29) is 5.78 Å². The molecule has 0 spiro atoms. The number of carbonyl (C=O) groups excluding carboxylic acids is 1. The van der Waals surface area contributed by atoms with Crippen LogP contribution in [0.1, 0.15) is 31.7 Å². The predicted molar refractivity (Wildman–Crippen MR) is 67.7 cm³/mol. The normalized spacial score (nSPS) is 12.6. The molecule has 2 aromatic rings. The van der Waals surface area contributed by atoms with E-state index in [1.165, 1.54) is 16.3 Å². The van der Waals surface area contributed by atoms with E-state index < -0.39 is 0 Å². The molecule has 2 aromatic carbocycles. The first-order chi connectivity index (χ1) is 7.68. The zero-order valence-corrected chi connectivity index (χ0v) is 9.73. The molecular weight excluding hydrogens is 196 g/mol. The zero-order chi connectivity index (χ0) is 11.5. The molecular formula is C15H16O. The third-order valence-electron chi connectivity index (χ3n) is 2.95. The summed E-state index contributed by atoms with van der Waals surface area (Å²) < 4.78 is 0. The third-order valence-corrected chi connectivity index (χ3v) is 2.95.